The standard InChI is InChI=1S/C20H32N2O.C7H8O/c1-16(2)18-9-7-10-19(15-18)20(11-5-4-6-12-20)22-14-8-13-21-17(3)23;1-6-3-2-4-7(8)5-6/h7,9-10,15-16,22H,4-6,8,11-14H2,1-3H3,(H,21,23);2-5,8H,1H3. The van der Waals surface area contributed by atoms with E-state index >= 15 is 0 Å². The maximum atomic E-state index is 11.0. The van der Waals surface area contributed by atoms with Gasteiger partial charge in [0.2, 0.25) is 5.91 Å². The fourth-order valence-electron chi connectivity index (χ4n) is 4.23. The van der Waals surface area contributed by atoms with Crippen molar-refractivity contribution in [2.45, 2.75) is 77.7 Å². The molecule has 3 rings (SSSR count). The third kappa shape index (κ3) is 8.37. The molecule has 0 aliphatic heterocycles. The Balaban J connectivity index is 0.000000357. The normalized spacial score (nSPS) is 15.1. The number of carbonyl (C=O) groups is 1. The first-order valence-corrected chi connectivity index (χ1v) is 11.7. The lowest BCUT2D eigenvalue weighted by Gasteiger charge is -2.39. The lowest BCUT2D eigenvalue weighted by atomic mass is 9.75. The van der Waals surface area contributed by atoms with Gasteiger partial charge in [0.1, 0.15) is 5.75 Å². The van der Waals surface area contributed by atoms with Crippen LogP contribution in [0.25, 0.3) is 0 Å². The Morgan fingerprint density at radius 1 is 1.03 bits per heavy atom. The molecule has 0 bridgehead atoms. The molecule has 4 heteroatoms. The summed E-state index contributed by atoms with van der Waals surface area (Å²) in [7, 11) is 0. The minimum Gasteiger partial charge on any atom is -0.508 e. The first kappa shape index (κ1) is 24.9. The van der Waals surface area contributed by atoms with E-state index in [1.165, 1.54) is 43.2 Å². The highest BCUT2D eigenvalue weighted by molar-refractivity contribution is 5.72. The molecule has 0 saturated heterocycles. The lowest BCUT2D eigenvalue weighted by Crippen LogP contribution is -2.45. The summed E-state index contributed by atoms with van der Waals surface area (Å²) in [6, 6.07) is 16.3. The molecule has 170 valence electrons. The predicted octanol–water partition coefficient (Wildman–Crippen LogP) is 5.79. The quantitative estimate of drug-likeness (QED) is 0.493. The van der Waals surface area contributed by atoms with Gasteiger partial charge in [-0.05, 0) is 67.5 Å². The highest BCUT2D eigenvalue weighted by atomic mass is 16.3. The number of aromatic hydroxyl groups is 1. The van der Waals surface area contributed by atoms with Crippen molar-refractivity contribution in [2.24, 2.45) is 0 Å². The van der Waals surface area contributed by atoms with E-state index in [2.05, 4.69) is 48.7 Å². The van der Waals surface area contributed by atoms with Gasteiger partial charge in [0.15, 0.2) is 0 Å². The van der Waals surface area contributed by atoms with Gasteiger partial charge in [0.25, 0.3) is 0 Å². The zero-order valence-corrected chi connectivity index (χ0v) is 19.7. The molecule has 1 fully saturated rings. The van der Waals surface area contributed by atoms with Gasteiger partial charge in [-0.2, -0.15) is 0 Å². The molecule has 1 aliphatic carbocycles. The second-order valence-electron chi connectivity index (χ2n) is 9.03. The van der Waals surface area contributed by atoms with Crippen LogP contribution in [-0.4, -0.2) is 24.1 Å². The van der Waals surface area contributed by atoms with Crippen LogP contribution in [-0.2, 0) is 10.3 Å². The predicted molar refractivity (Wildman–Crippen MR) is 129 cm³/mol. The number of aryl methyl sites for hydroxylation is 1. The molecular formula is C27H40N2O2. The van der Waals surface area contributed by atoms with Crippen LogP contribution in [0.4, 0.5) is 0 Å². The molecule has 1 amide bonds. The molecule has 0 spiro atoms. The number of phenolic OH excluding ortho intramolecular Hbond substituents is 1. The van der Waals surface area contributed by atoms with Crippen LogP contribution in [0, 0.1) is 6.92 Å². The van der Waals surface area contributed by atoms with Crippen molar-refractivity contribution in [3.05, 3.63) is 65.2 Å². The zero-order valence-electron chi connectivity index (χ0n) is 19.7. The molecule has 31 heavy (non-hydrogen) atoms. The van der Waals surface area contributed by atoms with Crippen molar-refractivity contribution >= 4 is 5.91 Å². The highest BCUT2D eigenvalue weighted by Crippen LogP contribution is 2.38. The molecular weight excluding hydrogens is 384 g/mol. The van der Waals surface area contributed by atoms with E-state index in [-0.39, 0.29) is 11.4 Å². The maximum absolute atomic E-state index is 11.0. The molecule has 1 saturated carbocycles. The van der Waals surface area contributed by atoms with Crippen LogP contribution >= 0.6 is 0 Å². The Kier molecular flexibility index (Phi) is 10.1. The van der Waals surface area contributed by atoms with Gasteiger partial charge in [-0.15, -0.1) is 0 Å². The molecule has 3 N–H and O–H groups in total. The summed E-state index contributed by atoms with van der Waals surface area (Å²) in [6.45, 7) is 9.74. The summed E-state index contributed by atoms with van der Waals surface area (Å²) in [5.41, 5.74) is 4.08. The fraction of sp³-hybridized carbons (Fsp3) is 0.519. The van der Waals surface area contributed by atoms with Crippen LogP contribution in [0.1, 0.15) is 81.9 Å². The van der Waals surface area contributed by atoms with Crippen LogP contribution < -0.4 is 10.6 Å². The monoisotopic (exact) mass is 424 g/mol. The minimum absolute atomic E-state index is 0.0574. The summed E-state index contributed by atoms with van der Waals surface area (Å²) in [5.74, 6) is 0.961. The minimum atomic E-state index is 0.0574. The van der Waals surface area contributed by atoms with E-state index < -0.39 is 0 Å². The first-order valence-electron chi connectivity index (χ1n) is 11.7. The number of amides is 1. The van der Waals surface area contributed by atoms with E-state index in [0.717, 1.165) is 25.1 Å². The Morgan fingerprint density at radius 3 is 2.32 bits per heavy atom. The van der Waals surface area contributed by atoms with Gasteiger partial charge in [0, 0.05) is 19.0 Å². The molecule has 2 aromatic rings. The Bertz CT molecular complexity index is 793. The van der Waals surface area contributed by atoms with Crippen LogP contribution in [0.5, 0.6) is 5.75 Å². The highest BCUT2D eigenvalue weighted by Gasteiger charge is 2.33. The smallest absolute Gasteiger partial charge is 0.216 e. The van der Waals surface area contributed by atoms with Crippen molar-refractivity contribution in [3.8, 4) is 5.75 Å². The molecule has 0 unspecified atom stereocenters. The van der Waals surface area contributed by atoms with E-state index in [1.807, 2.05) is 19.1 Å². The Hall–Kier alpha value is -2.33. The number of hydrogen-bond donors (Lipinski definition) is 3. The fourth-order valence-corrected chi connectivity index (χ4v) is 4.23. The van der Waals surface area contributed by atoms with Gasteiger partial charge in [-0.1, -0.05) is 69.5 Å². The van der Waals surface area contributed by atoms with E-state index in [4.69, 9.17) is 5.11 Å². The van der Waals surface area contributed by atoms with Gasteiger partial charge in [-0.25, -0.2) is 0 Å². The lowest BCUT2D eigenvalue weighted by molar-refractivity contribution is -0.118. The van der Waals surface area contributed by atoms with Crippen molar-refractivity contribution < 1.29 is 9.90 Å². The number of hydrogen-bond acceptors (Lipinski definition) is 3. The number of benzene rings is 2. The summed E-state index contributed by atoms with van der Waals surface area (Å²) in [6.07, 6.45) is 7.35. The molecule has 1 aliphatic rings. The van der Waals surface area contributed by atoms with Crippen LogP contribution in [0.2, 0.25) is 0 Å². The largest absolute Gasteiger partial charge is 0.508 e. The van der Waals surface area contributed by atoms with Crippen LogP contribution in [0.15, 0.2) is 48.5 Å². The number of carbonyl (C=O) groups excluding carboxylic acids is 1. The third-order valence-electron chi connectivity index (χ3n) is 6.01. The van der Waals surface area contributed by atoms with Gasteiger partial charge < -0.3 is 15.7 Å². The molecule has 0 atom stereocenters. The third-order valence-corrected chi connectivity index (χ3v) is 6.01. The van der Waals surface area contributed by atoms with Gasteiger partial charge >= 0.3 is 0 Å². The average Bonchev–Trinajstić information content (AvgIpc) is 2.74. The van der Waals surface area contributed by atoms with Crippen LogP contribution in [0.3, 0.4) is 0 Å². The van der Waals surface area contributed by atoms with Crippen molar-refractivity contribution in [2.75, 3.05) is 13.1 Å². The van der Waals surface area contributed by atoms with Crippen molar-refractivity contribution in [1.82, 2.24) is 10.6 Å². The first-order chi connectivity index (χ1) is 14.8. The van der Waals surface area contributed by atoms with Crippen molar-refractivity contribution in [3.63, 3.8) is 0 Å². The Labute approximate surface area is 188 Å². The van der Waals surface area contributed by atoms with Gasteiger partial charge in [-0.3, -0.25) is 4.79 Å². The molecule has 0 aromatic heterocycles. The van der Waals surface area contributed by atoms with E-state index in [1.54, 1.807) is 19.1 Å². The molecule has 4 nitrogen and oxygen atoms in total. The maximum Gasteiger partial charge on any atom is 0.216 e. The summed E-state index contributed by atoms with van der Waals surface area (Å²) in [4.78, 5) is 11.0. The zero-order chi connectivity index (χ0) is 22.7. The second kappa shape index (κ2) is 12.5. The van der Waals surface area contributed by atoms with E-state index in [0.29, 0.717) is 11.7 Å². The van der Waals surface area contributed by atoms with E-state index in [9.17, 15) is 4.79 Å². The number of rotatable bonds is 7. The summed E-state index contributed by atoms with van der Waals surface area (Å²) < 4.78 is 0. The summed E-state index contributed by atoms with van der Waals surface area (Å²) >= 11 is 0. The van der Waals surface area contributed by atoms with Gasteiger partial charge in [0.05, 0.1) is 0 Å². The topological polar surface area (TPSA) is 61.4 Å². The average molecular weight is 425 g/mol. The molecule has 2 aromatic carbocycles. The molecule has 0 radical (unpaired) electrons. The molecule has 0 heterocycles. The van der Waals surface area contributed by atoms with Crippen molar-refractivity contribution in [1.29, 1.82) is 0 Å². The number of nitrogens with one attached hydrogen (secondary N) is 2. The summed E-state index contributed by atoms with van der Waals surface area (Å²) in [5, 5.41) is 15.5. The SMILES string of the molecule is CC(=O)NCCCNC1(c2cccc(C(C)C)c2)CCCCC1.Cc1cccc(O)c1. The number of phenols is 1. The Morgan fingerprint density at radius 2 is 1.74 bits per heavy atom. The second-order valence-corrected chi connectivity index (χ2v) is 9.03.